The largest absolute Gasteiger partial charge is 0.339 e. The second-order valence-electron chi connectivity index (χ2n) is 5.89. The maximum absolute atomic E-state index is 4.43. The molecule has 0 saturated heterocycles. The fraction of sp³-hybridized carbons (Fsp3) is 0. The summed E-state index contributed by atoms with van der Waals surface area (Å²) in [6, 6.07) is 20.2. The van der Waals surface area contributed by atoms with E-state index in [4.69, 9.17) is 0 Å². The fourth-order valence-corrected chi connectivity index (χ4v) is 2.99. The number of benzene rings is 2. The van der Waals surface area contributed by atoms with Gasteiger partial charge in [-0.05, 0) is 35.0 Å². The van der Waals surface area contributed by atoms with Crippen LogP contribution in [0.15, 0.2) is 79.4 Å². The Bertz CT molecular complexity index is 1210. The van der Waals surface area contributed by atoms with Crippen LogP contribution in [0.2, 0.25) is 0 Å². The smallest absolute Gasteiger partial charge is 0.170 e. The van der Waals surface area contributed by atoms with Gasteiger partial charge in [0.2, 0.25) is 0 Å². The summed E-state index contributed by atoms with van der Waals surface area (Å²) in [5.41, 5.74) is 1.68. The van der Waals surface area contributed by atoms with Gasteiger partial charge < -0.3 is 5.32 Å². The second kappa shape index (κ2) is 5.93. The van der Waals surface area contributed by atoms with Gasteiger partial charge in [-0.15, -0.1) is 0 Å². The molecule has 0 saturated carbocycles. The van der Waals surface area contributed by atoms with Gasteiger partial charge >= 0.3 is 0 Å². The third kappa shape index (κ3) is 2.44. The molecule has 3 aromatic heterocycles. The fourth-order valence-electron chi connectivity index (χ4n) is 2.99. The van der Waals surface area contributed by atoms with Crippen molar-refractivity contribution in [3.05, 3.63) is 79.4 Å². The lowest BCUT2D eigenvalue weighted by Crippen LogP contribution is -2.01. The molecule has 124 valence electrons. The number of pyridine rings is 1. The lowest BCUT2D eigenvalue weighted by Gasteiger charge is -2.08. The van der Waals surface area contributed by atoms with Gasteiger partial charge in [0.15, 0.2) is 11.5 Å². The average Bonchev–Trinajstić information content (AvgIpc) is 3.14. The molecule has 5 rings (SSSR count). The number of hydrogen-bond acceptors (Lipinski definition) is 5. The minimum absolute atomic E-state index is 0.710. The van der Waals surface area contributed by atoms with E-state index < -0.39 is 0 Å². The second-order valence-corrected chi connectivity index (χ2v) is 5.89. The Labute approximate surface area is 149 Å². The number of anilines is 2. The van der Waals surface area contributed by atoms with E-state index in [9.17, 15) is 0 Å². The highest BCUT2D eigenvalue weighted by Crippen LogP contribution is 2.26. The lowest BCUT2D eigenvalue weighted by molar-refractivity contribution is 0.861. The van der Waals surface area contributed by atoms with Crippen LogP contribution in [0.3, 0.4) is 0 Å². The maximum atomic E-state index is 4.43. The van der Waals surface area contributed by atoms with Gasteiger partial charge in [0.1, 0.15) is 12.1 Å². The first-order valence-electron chi connectivity index (χ1n) is 8.24. The zero-order valence-corrected chi connectivity index (χ0v) is 13.7. The number of fused-ring (bicyclic) bond motifs is 2. The number of aromatic nitrogens is 5. The van der Waals surface area contributed by atoms with E-state index in [2.05, 4.69) is 49.6 Å². The monoisotopic (exact) mass is 338 g/mol. The van der Waals surface area contributed by atoms with Crippen molar-refractivity contribution in [3.63, 3.8) is 0 Å². The maximum Gasteiger partial charge on any atom is 0.170 e. The molecule has 3 heterocycles. The van der Waals surface area contributed by atoms with Crippen molar-refractivity contribution in [2.24, 2.45) is 0 Å². The molecule has 6 nitrogen and oxygen atoms in total. The van der Waals surface area contributed by atoms with Crippen molar-refractivity contribution in [2.75, 3.05) is 5.32 Å². The molecule has 0 radical (unpaired) electrons. The minimum atomic E-state index is 0.710. The Kier molecular flexibility index (Phi) is 3.31. The van der Waals surface area contributed by atoms with Gasteiger partial charge in [0, 0.05) is 11.9 Å². The van der Waals surface area contributed by atoms with E-state index in [1.54, 1.807) is 17.1 Å². The van der Waals surface area contributed by atoms with Crippen LogP contribution in [0.4, 0.5) is 11.5 Å². The topological polar surface area (TPSA) is 68.5 Å². The lowest BCUT2D eigenvalue weighted by atomic mass is 10.1. The molecular formula is C20H14N6. The van der Waals surface area contributed by atoms with Gasteiger partial charge in [-0.1, -0.05) is 36.4 Å². The Balaban J connectivity index is 1.57. The molecule has 0 bridgehead atoms. The molecule has 0 aliphatic carbocycles. The molecule has 6 heteroatoms. The molecule has 2 aromatic carbocycles. The van der Waals surface area contributed by atoms with Crippen molar-refractivity contribution >= 4 is 33.3 Å². The zero-order valence-electron chi connectivity index (χ0n) is 13.7. The van der Waals surface area contributed by atoms with E-state index in [1.807, 2.05) is 36.4 Å². The zero-order chi connectivity index (χ0) is 17.3. The molecule has 0 fully saturated rings. The molecule has 0 amide bonds. The summed E-state index contributed by atoms with van der Waals surface area (Å²) in [4.78, 5) is 13.1. The van der Waals surface area contributed by atoms with Crippen molar-refractivity contribution in [3.8, 4) is 5.82 Å². The normalized spacial score (nSPS) is 11.1. The van der Waals surface area contributed by atoms with E-state index in [1.165, 1.54) is 17.1 Å². The van der Waals surface area contributed by atoms with Gasteiger partial charge in [0.25, 0.3) is 0 Å². The predicted molar refractivity (Wildman–Crippen MR) is 102 cm³/mol. The minimum Gasteiger partial charge on any atom is -0.339 e. The first kappa shape index (κ1) is 14.5. The van der Waals surface area contributed by atoms with Crippen LogP contribution in [0.1, 0.15) is 0 Å². The number of hydrogen-bond donors (Lipinski definition) is 1. The Morgan fingerprint density at radius 3 is 2.58 bits per heavy atom. The van der Waals surface area contributed by atoms with Gasteiger partial charge in [-0.3, -0.25) is 0 Å². The Morgan fingerprint density at radius 1 is 0.808 bits per heavy atom. The summed E-state index contributed by atoms with van der Waals surface area (Å²) in [7, 11) is 0. The van der Waals surface area contributed by atoms with E-state index >= 15 is 0 Å². The van der Waals surface area contributed by atoms with E-state index in [0.717, 1.165) is 16.9 Å². The number of nitrogens with zero attached hydrogens (tertiary/aromatic N) is 5. The molecule has 0 atom stereocenters. The van der Waals surface area contributed by atoms with Crippen molar-refractivity contribution < 1.29 is 0 Å². The Hall–Kier alpha value is -3.80. The molecule has 26 heavy (non-hydrogen) atoms. The quantitative estimate of drug-likeness (QED) is 0.536. The SMILES string of the molecule is c1ccc(-n2ncc3c(Nc4ccc5ccccc5c4)ncnc32)nc1. The molecule has 0 spiro atoms. The van der Waals surface area contributed by atoms with Crippen LogP contribution in [0.25, 0.3) is 27.6 Å². The van der Waals surface area contributed by atoms with Crippen LogP contribution < -0.4 is 5.32 Å². The van der Waals surface area contributed by atoms with Crippen LogP contribution >= 0.6 is 0 Å². The first-order valence-corrected chi connectivity index (χ1v) is 8.24. The Morgan fingerprint density at radius 2 is 1.69 bits per heavy atom. The van der Waals surface area contributed by atoms with Crippen molar-refractivity contribution in [1.29, 1.82) is 0 Å². The highest BCUT2D eigenvalue weighted by molar-refractivity contribution is 5.91. The molecule has 5 aromatic rings. The summed E-state index contributed by atoms with van der Waals surface area (Å²) >= 11 is 0. The van der Waals surface area contributed by atoms with Crippen molar-refractivity contribution in [1.82, 2.24) is 24.7 Å². The summed E-state index contributed by atoms with van der Waals surface area (Å²) < 4.78 is 1.71. The molecule has 0 aliphatic rings. The van der Waals surface area contributed by atoms with Gasteiger partial charge in [-0.25, -0.2) is 15.0 Å². The average molecular weight is 338 g/mol. The summed E-state index contributed by atoms with van der Waals surface area (Å²) in [5.74, 6) is 1.44. The first-order chi connectivity index (χ1) is 12.9. The third-order valence-corrected chi connectivity index (χ3v) is 4.24. The van der Waals surface area contributed by atoms with E-state index in [0.29, 0.717) is 11.5 Å². The molecule has 0 aliphatic heterocycles. The number of rotatable bonds is 3. The standard InChI is InChI=1S/C20H14N6/c1-2-6-15-11-16(9-8-14(15)5-1)25-19-17-12-24-26(20(17)23-13-22-19)18-7-3-4-10-21-18/h1-13H,(H,22,23,25). The van der Waals surface area contributed by atoms with Gasteiger partial charge in [0.05, 0.1) is 11.6 Å². The predicted octanol–water partition coefficient (Wildman–Crippen LogP) is 4.11. The highest BCUT2D eigenvalue weighted by atomic mass is 15.3. The van der Waals surface area contributed by atoms with Crippen LogP contribution in [0, 0.1) is 0 Å². The van der Waals surface area contributed by atoms with Gasteiger partial charge in [-0.2, -0.15) is 9.78 Å². The number of nitrogens with one attached hydrogen (secondary N) is 1. The third-order valence-electron chi connectivity index (χ3n) is 4.24. The summed E-state index contributed by atoms with van der Waals surface area (Å²) in [5, 5.41) is 11.0. The van der Waals surface area contributed by atoms with E-state index in [-0.39, 0.29) is 0 Å². The summed E-state index contributed by atoms with van der Waals surface area (Å²) in [6.45, 7) is 0. The molecule has 1 N–H and O–H groups in total. The van der Waals surface area contributed by atoms with Crippen LogP contribution in [0.5, 0.6) is 0 Å². The highest BCUT2D eigenvalue weighted by Gasteiger charge is 2.12. The van der Waals surface area contributed by atoms with Crippen LogP contribution in [-0.2, 0) is 0 Å². The molecular weight excluding hydrogens is 324 g/mol. The van der Waals surface area contributed by atoms with Crippen molar-refractivity contribution in [2.45, 2.75) is 0 Å². The molecule has 0 unspecified atom stereocenters. The van der Waals surface area contributed by atoms with Crippen LogP contribution in [-0.4, -0.2) is 24.7 Å². The summed E-state index contributed by atoms with van der Waals surface area (Å²) in [6.07, 6.45) is 5.03.